The summed E-state index contributed by atoms with van der Waals surface area (Å²) in [6.45, 7) is 5.64. The van der Waals surface area contributed by atoms with Crippen LogP contribution in [0.5, 0.6) is 0 Å². The maximum Gasteiger partial charge on any atom is 0.254 e. The standard InChI is InChI=1S/C20H26N6O2/c27-19(21-6-9-25-14-22-23-15-25)16-4-5-18-17(12-16)13-26(20(18)28)11-10-24-7-2-1-3-8-24/h4-5,12,14-15H,1-3,6-11,13H2,(H,21,27). The van der Waals surface area contributed by atoms with Crippen LogP contribution in [0.25, 0.3) is 0 Å². The van der Waals surface area contributed by atoms with Gasteiger partial charge in [-0.3, -0.25) is 9.59 Å². The van der Waals surface area contributed by atoms with Crippen molar-refractivity contribution in [2.45, 2.75) is 32.4 Å². The Morgan fingerprint density at radius 1 is 1.04 bits per heavy atom. The molecule has 8 heteroatoms. The molecule has 0 radical (unpaired) electrons. The highest BCUT2D eigenvalue weighted by Gasteiger charge is 2.28. The Kier molecular flexibility index (Phi) is 5.66. The Morgan fingerprint density at radius 2 is 1.82 bits per heavy atom. The number of rotatable bonds is 7. The fourth-order valence-corrected chi connectivity index (χ4v) is 3.89. The topological polar surface area (TPSA) is 83.4 Å². The third kappa shape index (κ3) is 4.22. The van der Waals surface area contributed by atoms with E-state index in [-0.39, 0.29) is 11.8 Å². The highest BCUT2D eigenvalue weighted by molar-refractivity contribution is 6.01. The van der Waals surface area contributed by atoms with E-state index in [0.717, 1.165) is 37.3 Å². The van der Waals surface area contributed by atoms with Crippen molar-refractivity contribution < 1.29 is 9.59 Å². The first-order valence-electron chi connectivity index (χ1n) is 9.96. The molecule has 2 amide bonds. The molecule has 0 aliphatic carbocycles. The van der Waals surface area contributed by atoms with E-state index >= 15 is 0 Å². The number of likely N-dealkylation sites (tertiary alicyclic amines) is 1. The number of aromatic nitrogens is 3. The number of piperidine rings is 1. The normalized spacial score (nSPS) is 17.0. The van der Waals surface area contributed by atoms with E-state index in [1.165, 1.54) is 19.3 Å². The van der Waals surface area contributed by atoms with Gasteiger partial charge in [-0.25, -0.2) is 0 Å². The molecule has 0 unspecified atom stereocenters. The summed E-state index contributed by atoms with van der Waals surface area (Å²) >= 11 is 0. The van der Waals surface area contributed by atoms with Crippen LogP contribution in [0.4, 0.5) is 0 Å². The van der Waals surface area contributed by atoms with Crippen LogP contribution in [0.1, 0.15) is 45.5 Å². The maximum atomic E-state index is 12.6. The van der Waals surface area contributed by atoms with Crippen molar-refractivity contribution in [2.24, 2.45) is 0 Å². The first kappa shape index (κ1) is 18.6. The van der Waals surface area contributed by atoms with Crippen LogP contribution in [0.2, 0.25) is 0 Å². The summed E-state index contributed by atoms with van der Waals surface area (Å²) in [4.78, 5) is 29.4. The summed E-state index contributed by atoms with van der Waals surface area (Å²) in [6.07, 6.45) is 7.06. The van der Waals surface area contributed by atoms with Gasteiger partial charge in [0.05, 0.1) is 0 Å². The van der Waals surface area contributed by atoms with Gasteiger partial charge in [-0.05, 0) is 49.7 Å². The predicted molar refractivity (Wildman–Crippen MR) is 104 cm³/mol. The molecule has 1 fully saturated rings. The first-order chi connectivity index (χ1) is 13.7. The first-order valence-corrected chi connectivity index (χ1v) is 9.96. The van der Waals surface area contributed by atoms with E-state index < -0.39 is 0 Å². The molecule has 3 heterocycles. The van der Waals surface area contributed by atoms with Gasteiger partial charge in [-0.1, -0.05) is 6.42 Å². The molecular formula is C20H26N6O2. The Bertz CT molecular complexity index is 829. The lowest BCUT2D eigenvalue weighted by Gasteiger charge is -2.28. The minimum atomic E-state index is -0.130. The summed E-state index contributed by atoms with van der Waals surface area (Å²) in [7, 11) is 0. The highest BCUT2D eigenvalue weighted by atomic mass is 16.2. The van der Waals surface area contributed by atoms with Gasteiger partial charge >= 0.3 is 0 Å². The van der Waals surface area contributed by atoms with Crippen LogP contribution >= 0.6 is 0 Å². The average molecular weight is 382 g/mol. The molecule has 28 heavy (non-hydrogen) atoms. The molecule has 1 aromatic heterocycles. The molecule has 0 bridgehead atoms. The Morgan fingerprint density at radius 3 is 2.61 bits per heavy atom. The fourth-order valence-electron chi connectivity index (χ4n) is 3.89. The number of amides is 2. The van der Waals surface area contributed by atoms with Gasteiger partial charge in [0.25, 0.3) is 11.8 Å². The molecule has 0 spiro atoms. The van der Waals surface area contributed by atoms with Gasteiger partial charge in [0.15, 0.2) is 0 Å². The lowest BCUT2D eigenvalue weighted by Crippen LogP contribution is -2.38. The zero-order valence-electron chi connectivity index (χ0n) is 16.0. The minimum absolute atomic E-state index is 0.0755. The zero-order valence-corrected chi connectivity index (χ0v) is 16.0. The minimum Gasteiger partial charge on any atom is -0.350 e. The van der Waals surface area contributed by atoms with Crippen molar-refractivity contribution in [1.82, 2.24) is 29.9 Å². The number of nitrogens with zero attached hydrogens (tertiary/aromatic N) is 5. The number of nitrogens with one attached hydrogen (secondary N) is 1. The molecule has 1 N–H and O–H groups in total. The molecule has 1 aromatic carbocycles. The second kappa shape index (κ2) is 8.52. The lowest BCUT2D eigenvalue weighted by atomic mass is 10.1. The molecule has 0 saturated carbocycles. The van der Waals surface area contributed by atoms with Crippen molar-refractivity contribution in [1.29, 1.82) is 0 Å². The predicted octanol–water partition coefficient (Wildman–Crippen LogP) is 1.15. The summed E-state index contributed by atoms with van der Waals surface area (Å²) in [6, 6.07) is 5.37. The Hall–Kier alpha value is -2.74. The molecule has 4 rings (SSSR count). The van der Waals surface area contributed by atoms with E-state index in [9.17, 15) is 9.59 Å². The quantitative estimate of drug-likeness (QED) is 0.777. The number of fused-ring (bicyclic) bond motifs is 1. The lowest BCUT2D eigenvalue weighted by molar-refractivity contribution is 0.0752. The number of carbonyl (C=O) groups excluding carboxylic acids is 2. The average Bonchev–Trinajstić information content (AvgIpc) is 3.35. The molecular weight excluding hydrogens is 356 g/mol. The molecule has 8 nitrogen and oxygen atoms in total. The van der Waals surface area contributed by atoms with E-state index in [0.29, 0.717) is 25.2 Å². The molecule has 2 aromatic rings. The Labute approximate surface area is 164 Å². The molecule has 2 aliphatic rings. The highest BCUT2D eigenvalue weighted by Crippen LogP contribution is 2.24. The van der Waals surface area contributed by atoms with Crippen LogP contribution in [0.3, 0.4) is 0 Å². The summed E-state index contributed by atoms with van der Waals surface area (Å²) in [5.74, 6) is -0.0540. The van der Waals surface area contributed by atoms with Crippen LogP contribution in [-0.4, -0.2) is 69.1 Å². The monoisotopic (exact) mass is 382 g/mol. The fraction of sp³-hybridized carbons (Fsp3) is 0.500. The summed E-state index contributed by atoms with van der Waals surface area (Å²) < 4.78 is 1.81. The maximum absolute atomic E-state index is 12.6. The van der Waals surface area contributed by atoms with Crippen LogP contribution in [0.15, 0.2) is 30.9 Å². The van der Waals surface area contributed by atoms with Gasteiger partial charge in [0.2, 0.25) is 0 Å². The van der Waals surface area contributed by atoms with E-state index in [2.05, 4.69) is 20.4 Å². The van der Waals surface area contributed by atoms with Crippen molar-refractivity contribution in [3.63, 3.8) is 0 Å². The van der Waals surface area contributed by atoms with Gasteiger partial charge in [0.1, 0.15) is 12.7 Å². The third-order valence-electron chi connectivity index (χ3n) is 5.50. The van der Waals surface area contributed by atoms with Gasteiger partial charge in [0, 0.05) is 43.9 Å². The van der Waals surface area contributed by atoms with E-state index in [1.54, 1.807) is 24.8 Å². The number of carbonyl (C=O) groups is 2. The van der Waals surface area contributed by atoms with Crippen LogP contribution in [-0.2, 0) is 13.1 Å². The number of benzene rings is 1. The van der Waals surface area contributed by atoms with Crippen LogP contribution < -0.4 is 5.32 Å². The number of hydrogen-bond acceptors (Lipinski definition) is 5. The SMILES string of the molecule is O=C(NCCn1cnnc1)c1ccc2c(c1)CN(CCN1CCCCC1)C2=O. The summed E-state index contributed by atoms with van der Waals surface area (Å²) in [5, 5.41) is 10.4. The summed E-state index contributed by atoms with van der Waals surface area (Å²) in [5.41, 5.74) is 2.25. The van der Waals surface area contributed by atoms with Gasteiger partial charge in [-0.15, -0.1) is 10.2 Å². The smallest absolute Gasteiger partial charge is 0.254 e. The third-order valence-corrected chi connectivity index (χ3v) is 5.50. The van der Waals surface area contributed by atoms with Crippen molar-refractivity contribution in [3.8, 4) is 0 Å². The molecule has 2 aliphatic heterocycles. The largest absolute Gasteiger partial charge is 0.350 e. The molecule has 148 valence electrons. The molecule has 0 atom stereocenters. The van der Waals surface area contributed by atoms with Crippen LogP contribution in [0, 0.1) is 0 Å². The van der Waals surface area contributed by atoms with Gasteiger partial charge in [-0.2, -0.15) is 0 Å². The second-order valence-electron chi connectivity index (χ2n) is 7.46. The van der Waals surface area contributed by atoms with Crippen molar-refractivity contribution >= 4 is 11.8 Å². The zero-order chi connectivity index (χ0) is 19.3. The number of hydrogen-bond donors (Lipinski definition) is 1. The Balaban J connectivity index is 1.31. The molecule has 1 saturated heterocycles. The van der Waals surface area contributed by atoms with E-state index in [1.807, 2.05) is 15.5 Å². The van der Waals surface area contributed by atoms with Crippen molar-refractivity contribution in [3.05, 3.63) is 47.5 Å². The van der Waals surface area contributed by atoms with E-state index in [4.69, 9.17) is 0 Å². The van der Waals surface area contributed by atoms with Gasteiger partial charge < -0.3 is 19.7 Å². The van der Waals surface area contributed by atoms with Crippen molar-refractivity contribution in [2.75, 3.05) is 32.7 Å². The second-order valence-corrected chi connectivity index (χ2v) is 7.46.